The molecule has 1 fully saturated rings. The molecule has 2 aromatic rings. The fraction of sp³-hybridized carbons (Fsp3) is 0.533. The molecular weight excluding hydrogens is 292 g/mol. The summed E-state index contributed by atoms with van der Waals surface area (Å²) in [6, 6.07) is 6.72. The Hall–Kier alpha value is -0.870. The van der Waals surface area contributed by atoms with Crippen LogP contribution in [0.3, 0.4) is 0 Å². The molecule has 0 atom stereocenters. The van der Waals surface area contributed by atoms with Crippen LogP contribution in [-0.2, 0) is 6.42 Å². The van der Waals surface area contributed by atoms with E-state index in [1.54, 1.807) is 7.11 Å². The summed E-state index contributed by atoms with van der Waals surface area (Å²) in [6.45, 7) is 0. The number of methoxy groups -OCH3 is 1. The summed E-state index contributed by atoms with van der Waals surface area (Å²) < 4.78 is 7.71. The van der Waals surface area contributed by atoms with E-state index in [-0.39, 0.29) is 0 Å². The summed E-state index contributed by atoms with van der Waals surface area (Å²) in [6.07, 6.45) is 3.26. The van der Waals surface area contributed by atoms with Crippen molar-refractivity contribution in [1.82, 2.24) is 9.55 Å². The van der Waals surface area contributed by atoms with E-state index in [1.807, 2.05) is 23.9 Å². The summed E-state index contributed by atoms with van der Waals surface area (Å²) in [5.41, 5.74) is 2.23. The van der Waals surface area contributed by atoms with E-state index < -0.39 is 0 Å². The predicted octanol–water partition coefficient (Wildman–Crippen LogP) is 3.89. The first kappa shape index (κ1) is 14.1. The Morgan fingerprint density at radius 1 is 1.40 bits per heavy atom. The fourth-order valence-corrected chi connectivity index (χ4v) is 4.12. The third-order valence-corrected chi connectivity index (χ3v) is 5.08. The highest BCUT2D eigenvalue weighted by Crippen LogP contribution is 2.32. The number of alkyl halides is 1. The minimum Gasteiger partial charge on any atom is -0.497 e. The Balaban J connectivity index is 2.08. The van der Waals surface area contributed by atoms with Crippen molar-refractivity contribution in [3.63, 3.8) is 0 Å². The number of thioether (sulfide) groups is 1. The van der Waals surface area contributed by atoms with Gasteiger partial charge in [-0.05, 0) is 36.5 Å². The molecule has 0 unspecified atom stereocenters. The van der Waals surface area contributed by atoms with Gasteiger partial charge in [-0.2, -0.15) is 11.8 Å². The Morgan fingerprint density at radius 3 is 2.90 bits per heavy atom. The molecule has 3 rings (SSSR count). The number of ether oxygens (including phenoxy) is 1. The molecule has 108 valence electrons. The molecule has 0 spiro atoms. The summed E-state index contributed by atoms with van der Waals surface area (Å²) in [7, 11) is 1.69. The van der Waals surface area contributed by atoms with Crippen molar-refractivity contribution in [2.45, 2.75) is 25.3 Å². The summed E-state index contributed by atoms with van der Waals surface area (Å²) in [5.74, 6) is 5.06. The molecule has 0 amide bonds. The van der Waals surface area contributed by atoms with E-state index in [9.17, 15) is 0 Å². The molecule has 0 saturated carbocycles. The molecule has 1 aromatic heterocycles. The lowest BCUT2D eigenvalue weighted by Gasteiger charge is -2.25. The highest BCUT2D eigenvalue weighted by atomic mass is 35.5. The molecule has 1 saturated heterocycles. The lowest BCUT2D eigenvalue weighted by atomic mass is 10.1. The normalized spacial score (nSPS) is 16.7. The van der Waals surface area contributed by atoms with E-state index in [0.29, 0.717) is 11.9 Å². The Bertz CT molecular complexity index is 593. The van der Waals surface area contributed by atoms with Crippen LogP contribution in [0, 0.1) is 0 Å². The second kappa shape index (κ2) is 6.27. The van der Waals surface area contributed by atoms with Crippen LogP contribution >= 0.6 is 23.4 Å². The Labute approximate surface area is 128 Å². The minimum atomic E-state index is 0.563. The van der Waals surface area contributed by atoms with Crippen LogP contribution in [0.1, 0.15) is 24.7 Å². The first-order valence-corrected chi connectivity index (χ1v) is 8.71. The van der Waals surface area contributed by atoms with Crippen LogP contribution in [0.4, 0.5) is 0 Å². The quantitative estimate of drug-likeness (QED) is 0.802. The van der Waals surface area contributed by atoms with Gasteiger partial charge in [0.1, 0.15) is 11.6 Å². The number of benzene rings is 1. The van der Waals surface area contributed by atoms with E-state index in [4.69, 9.17) is 21.3 Å². The molecule has 5 heteroatoms. The SMILES string of the molecule is COc1ccc2c(c1)nc(CCCl)n2C1CCSCC1. The number of aromatic nitrogens is 2. The zero-order chi connectivity index (χ0) is 13.9. The number of halogens is 1. The monoisotopic (exact) mass is 310 g/mol. The van der Waals surface area contributed by atoms with Gasteiger partial charge in [0.25, 0.3) is 0 Å². The van der Waals surface area contributed by atoms with Crippen LogP contribution < -0.4 is 4.74 Å². The van der Waals surface area contributed by atoms with Gasteiger partial charge in [0.15, 0.2) is 0 Å². The largest absolute Gasteiger partial charge is 0.497 e. The zero-order valence-corrected chi connectivity index (χ0v) is 13.2. The molecule has 1 aromatic carbocycles. The molecule has 20 heavy (non-hydrogen) atoms. The molecule has 0 bridgehead atoms. The lowest BCUT2D eigenvalue weighted by Crippen LogP contribution is -2.17. The number of nitrogens with zero attached hydrogens (tertiary/aromatic N) is 2. The molecule has 0 radical (unpaired) electrons. The van der Waals surface area contributed by atoms with E-state index in [0.717, 1.165) is 23.5 Å². The van der Waals surface area contributed by atoms with E-state index >= 15 is 0 Å². The molecule has 1 aliphatic heterocycles. The average molecular weight is 311 g/mol. The smallest absolute Gasteiger partial charge is 0.121 e. The molecule has 2 heterocycles. The summed E-state index contributed by atoms with van der Waals surface area (Å²) in [5, 5.41) is 0. The number of hydrogen-bond donors (Lipinski definition) is 0. The van der Waals surface area contributed by atoms with Crippen molar-refractivity contribution in [3.05, 3.63) is 24.0 Å². The van der Waals surface area contributed by atoms with Gasteiger partial charge in [-0.15, -0.1) is 11.6 Å². The first-order chi connectivity index (χ1) is 9.83. The second-order valence-electron chi connectivity index (χ2n) is 5.04. The second-order valence-corrected chi connectivity index (χ2v) is 6.64. The summed E-state index contributed by atoms with van der Waals surface area (Å²) in [4.78, 5) is 4.78. The van der Waals surface area contributed by atoms with Crippen molar-refractivity contribution in [3.8, 4) is 5.75 Å². The standard InChI is InChI=1S/C15H19ClN2OS/c1-19-12-2-3-14-13(10-12)17-15(4-7-16)18(14)11-5-8-20-9-6-11/h2-3,10-11H,4-9H2,1H3. The highest BCUT2D eigenvalue weighted by molar-refractivity contribution is 7.99. The van der Waals surface area contributed by atoms with Crippen LogP contribution in [0.15, 0.2) is 18.2 Å². The predicted molar refractivity (Wildman–Crippen MR) is 86.3 cm³/mol. The Morgan fingerprint density at radius 2 is 2.20 bits per heavy atom. The van der Waals surface area contributed by atoms with Crippen molar-refractivity contribution in [2.24, 2.45) is 0 Å². The highest BCUT2D eigenvalue weighted by Gasteiger charge is 2.21. The fourth-order valence-electron chi connectivity index (χ4n) is 2.87. The average Bonchev–Trinajstić information content (AvgIpc) is 2.85. The first-order valence-electron chi connectivity index (χ1n) is 7.02. The van der Waals surface area contributed by atoms with Gasteiger partial charge in [-0.25, -0.2) is 4.98 Å². The molecule has 0 N–H and O–H groups in total. The van der Waals surface area contributed by atoms with Gasteiger partial charge in [0.2, 0.25) is 0 Å². The maximum absolute atomic E-state index is 5.95. The third-order valence-electron chi connectivity index (χ3n) is 3.84. The van der Waals surface area contributed by atoms with Crippen LogP contribution in [0.2, 0.25) is 0 Å². The number of imidazole rings is 1. The van der Waals surface area contributed by atoms with Gasteiger partial charge in [-0.3, -0.25) is 0 Å². The molecule has 0 aliphatic carbocycles. The van der Waals surface area contributed by atoms with Gasteiger partial charge < -0.3 is 9.30 Å². The maximum atomic E-state index is 5.95. The van der Waals surface area contributed by atoms with Gasteiger partial charge in [0, 0.05) is 24.4 Å². The number of hydrogen-bond acceptors (Lipinski definition) is 3. The summed E-state index contributed by atoms with van der Waals surface area (Å²) >= 11 is 8.00. The maximum Gasteiger partial charge on any atom is 0.121 e. The number of aryl methyl sites for hydroxylation is 1. The zero-order valence-electron chi connectivity index (χ0n) is 11.6. The van der Waals surface area contributed by atoms with Gasteiger partial charge >= 0.3 is 0 Å². The van der Waals surface area contributed by atoms with E-state index in [1.165, 1.54) is 29.9 Å². The van der Waals surface area contributed by atoms with Gasteiger partial charge in [0.05, 0.1) is 18.1 Å². The molecule has 3 nitrogen and oxygen atoms in total. The van der Waals surface area contributed by atoms with Crippen LogP contribution in [0.5, 0.6) is 5.75 Å². The number of fused-ring (bicyclic) bond motifs is 1. The third kappa shape index (κ3) is 2.63. The van der Waals surface area contributed by atoms with Crippen molar-refractivity contribution in [2.75, 3.05) is 24.5 Å². The minimum absolute atomic E-state index is 0.563. The van der Waals surface area contributed by atoms with Gasteiger partial charge in [-0.1, -0.05) is 0 Å². The van der Waals surface area contributed by atoms with Crippen molar-refractivity contribution in [1.29, 1.82) is 0 Å². The topological polar surface area (TPSA) is 27.1 Å². The number of rotatable bonds is 4. The molecule has 1 aliphatic rings. The lowest BCUT2D eigenvalue weighted by molar-refractivity contribution is 0.415. The molecular formula is C15H19ClN2OS. The van der Waals surface area contributed by atoms with Crippen molar-refractivity contribution < 1.29 is 4.74 Å². The van der Waals surface area contributed by atoms with Crippen LogP contribution in [-0.4, -0.2) is 34.0 Å². The van der Waals surface area contributed by atoms with Crippen molar-refractivity contribution >= 4 is 34.4 Å². The van der Waals surface area contributed by atoms with Crippen LogP contribution in [0.25, 0.3) is 11.0 Å². The Kier molecular flexibility index (Phi) is 4.41. The van der Waals surface area contributed by atoms with E-state index in [2.05, 4.69) is 10.6 Å².